The van der Waals surface area contributed by atoms with Crippen LogP contribution in [-0.2, 0) is 11.3 Å². The van der Waals surface area contributed by atoms with E-state index in [4.69, 9.17) is 15.2 Å². The van der Waals surface area contributed by atoms with E-state index in [1.165, 1.54) is 0 Å². The fraction of sp³-hybridized carbons (Fsp3) is 0.625. The van der Waals surface area contributed by atoms with Crippen molar-refractivity contribution in [3.05, 3.63) is 29.8 Å². The highest BCUT2D eigenvalue weighted by atomic mass is 16.5. The van der Waals surface area contributed by atoms with Gasteiger partial charge in [0.1, 0.15) is 12.4 Å². The maximum atomic E-state index is 10.4. The van der Waals surface area contributed by atoms with E-state index >= 15 is 0 Å². The first-order chi connectivity index (χ1) is 10.1. The first-order valence-corrected chi connectivity index (χ1v) is 7.52. The van der Waals surface area contributed by atoms with E-state index in [0.717, 1.165) is 17.9 Å². The summed E-state index contributed by atoms with van der Waals surface area (Å²) in [6, 6.07) is 7.83. The zero-order valence-electron chi connectivity index (χ0n) is 12.8. The Labute approximate surface area is 126 Å². The highest BCUT2D eigenvalue weighted by Crippen LogP contribution is 2.21. The molecule has 5 heteroatoms. The number of hydrogen-bond donors (Lipinski definition) is 2. The van der Waals surface area contributed by atoms with Crippen LogP contribution < -0.4 is 10.5 Å². The monoisotopic (exact) mass is 294 g/mol. The van der Waals surface area contributed by atoms with Crippen LogP contribution in [0.15, 0.2) is 24.3 Å². The van der Waals surface area contributed by atoms with Crippen LogP contribution in [0.4, 0.5) is 0 Å². The number of nitrogens with two attached hydrogens (primary N) is 1. The van der Waals surface area contributed by atoms with Crippen molar-refractivity contribution < 1.29 is 14.6 Å². The van der Waals surface area contributed by atoms with Gasteiger partial charge in [0.05, 0.1) is 5.60 Å². The molecule has 1 heterocycles. The molecule has 0 radical (unpaired) electrons. The Bertz CT molecular complexity index is 416. The molecule has 0 aromatic heterocycles. The van der Waals surface area contributed by atoms with E-state index in [-0.39, 0.29) is 0 Å². The third-order valence-electron chi connectivity index (χ3n) is 3.89. The molecule has 0 aliphatic carbocycles. The van der Waals surface area contributed by atoms with Crippen molar-refractivity contribution in [3.8, 4) is 5.75 Å². The second kappa shape index (κ2) is 7.75. The second-order valence-corrected chi connectivity index (χ2v) is 5.77. The van der Waals surface area contributed by atoms with E-state index < -0.39 is 5.60 Å². The molecule has 5 nitrogen and oxygen atoms in total. The van der Waals surface area contributed by atoms with Crippen molar-refractivity contribution >= 4 is 0 Å². The minimum absolute atomic E-state index is 0.547. The van der Waals surface area contributed by atoms with Gasteiger partial charge in [-0.05, 0) is 24.7 Å². The largest absolute Gasteiger partial charge is 0.492 e. The lowest BCUT2D eigenvalue weighted by Gasteiger charge is -2.35. The summed E-state index contributed by atoms with van der Waals surface area (Å²) < 4.78 is 11.0. The van der Waals surface area contributed by atoms with Crippen LogP contribution >= 0.6 is 0 Å². The van der Waals surface area contributed by atoms with E-state index in [2.05, 4.69) is 4.90 Å². The van der Waals surface area contributed by atoms with Crippen molar-refractivity contribution in [2.75, 3.05) is 40.0 Å². The lowest BCUT2D eigenvalue weighted by atomic mass is 9.94. The molecule has 1 aliphatic heterocycles. The van der Waals surface area contributed by atoms with E-state index in [9.17, 15) is 5.11 Å². The van der Waals surface area contributed by atoms with Gasteiger partial charge in [0.15, 0.2) is 0 Å². The Balaban J connectivity index is 1.69. The van der Waals surface area contributed by atoms with E-state index in [1.807, 2.05) is 31.3 Å². The molecule has 0 amide bonds. The van der Waals surface area contributed by atoms with Crippen molar-refractivity contribution in [1.82, 2.24) is 4.90 Å². The number of ether oxygens (including phenoxy) is 2. The normalized spacial score (nSPS) is 17.9. The van der Waals surface area contributed by atoms with Crippen LogP contribution in [0.1, 0.15) is 18.4 Å². The van der Waals surface area contributed by atoms with Gasteiger partial charge in [-0.3, -0.25) is 0 Å². The average Bonchev–Trinajstić information content (AvgIpc) is 2.48. The fourth-order valence-corrected chi connectivity index (χ4v) is 2.53. The number of aliphatic hydroxyl groups is 1. The summed E-state index contributed by atoms with van der Waals surface area (Å²) in [5.74, 6) is 0.852. The lowest BCUT2D eigenvalue weighted by Crippen LogP contribution is -2.46. The topological polar surface area (TPSA) is 68.0 Å². The standard InChI is InChI=1S/C16H26N2O3/c1-18(13-16(19)6-9-20-10-7-16)8-11-21-15-4-2-14(12-17)3-5-15/h2-5,19H,6-13,17H2,1H3. The van der Waals surface area contributed by atoms with Crippen molar-refractivity contribution in [3.63, 3.8) is 0 Å². The SMILES string of the molecule is CN(CCOc1ccc(CN)cc1)CC1(O)CCOCC1. The molecule has 0 bridgehead atoms. The minimum Gasteiger partial charge on any atom is -0.492 e. The Morgan fingerprint density at radius 1 is 1.29 bits per heavy atom. The Kier molecular flexibility index (Phi) is 5.99. The maximum Gasteiger partial charge on any atom is 0.119 e. The van der Waals surface area contributed by atoms with Gasteiger partial charge in [-0.1, -0.05) is 12.1 Å². The van der Waals surface area contributed by atoms with Gasteiger partial charge < -0.3 is 25.2 Å². The van der Waals surface area contributed by atoms with Gasteiger partial charge in [-0.2, -0.15) is 0 Å². The summed E-state index contributed by atoms with van der Waals surface area (Å²) in [5.41, 5.74) is 6.04. The predicted molar refractivity (Wildman–Crippen MR) is 82.3 cm³/mol. The molecule has 0 unspecified atom stereocenters. The highest BCUT2D eigenvalue weighted by Gasteiger charge is 2.30. The van der Waals surface area contributed by atoms with Crippen molar-refractivity contribution in [2.45, 2.75) is 25.0 Å². The van der Waals surface area contributed by atoms with Gasteiger partial charge >= 0.3 is 0 Å². The Hall–Kier alpha value is -1.14. The smallest absolute Gasteiger partial charge is 0.119 e. The van der Waals surface area contributed by atoms with Crippen LogP contribution in [-0.4, -0.2) is 55.6 Å². The number of rotatable bonds is 7. The third kappa shape index (κ3) is 5.28. The summed E-state index contributed by atoms with van der Waals surface area (Å²) in [5, 5.41) is 10.4. The molecule has 0 spiro atoms. The Morgan fingerprint density at radius 3 is 2.57 bits per heavy atom. The summed E-state index contributed by atoms with van der Waals surface area (Å²) in [4.78, 5) is 2.11. The quantitative estimate of drug-likeness (QED) is 0.785. The molecular weight excluding hydrogens is 268 g/mol. The molecule has 3 N–H and O–H groups in total. The molecule has 118 valence electrons. The van der Waals surface area contributed by atoms with Crippen molar-refractivity contribution in [1.29, 1.82) is 0 Å². The van der Waals surface area contributed by atoms with Crippen molar-refractivity contribution in [2.24, 2.45) is 5.73 Å². The summed E-state index contributed by atoms with van der Waals surface area (Å²) in [6.45, 7) is 3.88. The van der Waals surface area contributed by atoms with Crippen LogP contribution in [0.2, 0.25) is 0 Å². The van der Waals surface area contributed by atoms with Crippen LogP contribution in [0.25, 0.3) is 0 Å². The van der Waals surface area contributed by atoms with Crippen LogP contribution in [0.5, 0.6) is 5.75 Å². The van der Waals surface area contributed by atoms with E-state index in [0.29, 0.717) is 45.8 Å². The zero-order chi connectivity index (χ0) is 15.1. The van der Waals surface area contributed by atoms with Gasteiger partial charge in [0, 0.05) is 45.7 Å². The zero-order valence-corrected chi connectivity index (χ0v) is 12.8. The molecule has 1 aliphatic rings. The molecule has 1 aromatic carbocycles. The average molecular weight is 294 g/mol. The first-order valence-electron chi connectivity index (χ1n) is 7.52. The second-order valence-electron chi connectivity index (χ2n) is 5.77. The predicted octanol–water partition coefficient (Wildman–Crippen LogP) is 0.997. The number of likely N-dealkylation sites (N-methyl/N-ethyl adjacent to an activating group) is 1. The van der Waals surface area contributed by atoms with E-state index in [1.54, 1.807) is 0 Å². The molecule has 2 rings (SSSR count). The molecule has 0 saturated carbocycles. The first kappa shape index (κ1) is 16.2. The summed E-state index contributed by atoms with van der Waals surface area (Å²) in [6.07, 6.45) is 1.41. The molecule has 1 fully saturated rings. The maximum absolute atomic E-state index is 10.4. The number of nitrogens with zero attached hydrogens (tertiary/aromatic N) is 1. The van der Waals surface area contributed by atoms with Gasteiger partial charge in [-0.25, -0.2) is 0 Å². The van der Waals surface area contributed by atoms with Gasteiger partial charge in [0.25, 0.3) is 0 Å². The lowest BCUT2D eigenvalue weighted by molar-refractivity contribution is -0.0775. The molecule has 21 heavy (non-hydrogen) atoms. The molecule has 0 atom stereocenters. The fourth-order valence-electron chi connectivity index (χ4n) is 2.53. The highest BCUT2D eigenvalue weighted by molar-refractivity contribution is 5.27. The minimum atomic E-state index is -0.615. The van der Waals surface area contributed by atoms with Crippen LogP contribution in [0, 0.1) is 0 Å². The third-order valence-corrected chi connectivity index (χ3v) is 3.89. The number of benzene rings is 1. The molecular formula is C16H26N2O3. The Morgan fingerprint density at radius 2 is 1.95 bits per heavy atom. The van der Waals surface area contributed by atoms with Crippen LogP contribution in [0.3, 0.4) is 0 Å². The molecule has 1 saturated heterocycles. The summed E-state index contributed by atoms with van der Waals surface area (Å²) >= 11 is 0. The summed E-state index contributed by atoms with van der Waals surface area (Å²) in [7, 11) is 2.01. The number of hydrogen-bond acceptors (Lipinski definition) is 5. The van der Waals surface area contributed by atoms with Gasteiger partial charge in [0.2, 0.25) is 0 Å². The van der Waals surface area contributed by atoms with Gasteiger partial charge in [-0.15, -0.1) is 0 Å². The molecule has 1 aromatic rings.